The largest absolute Gasteiger partial charge is 0.497 e. The van der Waals surface area contributed by atoms with Gasteiger partial charge in [0.25, 0.3) is 5.91 Å². The lowest BCUT2D eigenvalue weighted by Gasteiger charge is -2.14. The molecule has 2 aromatic rings. The Morgan fingerprint density at radius 2 is 1.38 bits per heavy atom. The van der Waals surface area contributed by atoms with Crippen LogP contribution in [-0.2, 0) is 27.3 Å². The van der Waals surface area contributed by atoms with E-state index < -0.39 is 12.1 Å². The first-order valence-corrected chi connectivity index (χ1v) is 8.25. The topological polar surface area (TPSA) is 73.9 Å². The van der Waals surface area contributed by atoms with Gasteiger partial charge >= 0.3 is 5.97 Å². The number of benzene rings is 2. The van der Waals surface area contributed by atoms with Crippen LogP contribution in [0.5, 0.6) is 11.5 Å². The molecule has 2 rings (SSSR count). The molecule has 0 saturated heterocycles. The van der Waals surface area contributed by atoms with E-state index in [-0.39, 0.29) is 12.3 Å². The van der Waals surface area contributed by atoms with Gasteiger partial charge in [0.15, 0.2) is 6.10 Å². The van der Waals surface area contributed by atoms with Crippen LogP contribution in [0.3, 0.4) is 0 Å². The smallest absolute Gasteiger partial charge is 0.311 e. The van der Waals surface area contributed by atoms with Crippen LogP contribution >= 0.6 is 0 Å². The zero-order valence-electron chi connectivity index (χ0n) is 15.2. The number of carbonyl (C=O) groups excluding carboxylic acids is 2. The van der Waals surface area contributed by atoms with E-state index in [2.05, 4.69) is 5.32 Å². The van der Waals surface area contributed by atoms with Gasteiger partial charge in [-0.25, -0.2) is 0 Å². The predicted octanol–water partition coefficient (Wildman–Crippen LogP) is 2.49. The van der Waals surface area contributed by atoms with E-state index in [1.165, 1.54) is 0 Å². The van der Waals surface area contributed by atoms with E-state index in [0.717, 1.165) is 16.9 Å². The monoisotopic (exact) mass is 357 g/mol. The maximum atomic E-state index is 12.1. The molecule has 0 saturated carbocycles. The highest BCUT2D eigenvalue weighted by Gasteiger charge is 2.17. The highest BCUT2D eigenvalue weighted by Crippen LogP contribution is 2.13. The van der Waals surface area contributed by atoms with Crippen molar-refractivity contribution in [3.8, 4) is 11.5 Å². The Bertz CT molecular complexity index is 725. The third kappa shape index (κ3) is 5.81. The lowest BCUT2D eigenvalue weighted by Crippen LogP contribution is -2.35. The molecule has 0 heterocycles. The highest BCUT2D eigenvalue weighted by molar-refractivity contribution is 5.83. The fraction of sp³-hybridized carbons (Fsp3) is 0.300. The minimum absolute atomic E-state index is 0.0973. The molecule has 6 nitrogen and oxygen atoms in total. The van der Waals surface area contributed by atoms with Gasteiger partial charge in [-0.3, -0.25) is 9.59 Å². The van der Waals surface area contributed by atoms with Gasteiger partial charge in [0.2, 0.25) is 0 Å². The van der Waals surface area contributed by atoms with Crippen LogP contribution in [-0.4, -0.2) is 32.2 Å². The third-order valence-electron chi connectivity index (χ3n) is 3.81. The van der Waals surface area contributed by atoms with Crippen LogP contribution in [0, 0.1) is 0 Å². The molecule has 1 N–H and O–H groups in total. The Balaban J connectivity index is 1.78. The zero-order valence-corrected chi connectivity index (χ0v) is 15.2. The third-order valence-corrected chi connectivity index (χ3v) is 3.81. The number of nitrogens with one attached hydrogen (secondary N) is 1. The zero-order chi connectivity index (χ0) is 18.9. The molecule has 0 radical (unpaired) electrons. The molecule has 26 heavy (non-hydrogen) atoms. The van der Waals surface area contributed by atoms with E-state index in [1.54, 1.807) is 45.4 Å². The number of carbonyl (C=O) groups is 2. The maximum Gasteiger partial charge on any atom is 0.311 e. The molecule has 0 spiro atoms. The van der Waals surface area contributed by atoms with E-state index in [1.807, 2.05) is 24.3 Å². The van der Waals surface area contributed by atoms with Crippen LogP contribution in [0.1, 0.15) is 18.1 Å². The number of esters is 1. The van der Waals surface area contributed by atoms with Crippen LogP contribution < -0.4 is 14.8 Å². The molecule has 0 aliphatic rings. The molecule has 0 aliphatic heterocycles. The number of hydrogen-bond donors (Lipinski definition) is 1. The van der Waals surface area contributed by atoms with Crippen LogP contribution in [0.2, 0.25) is 0 Å². The standard InChI is InChI=1S/C20H23NO5/c1-14(20(23)21-13-16-6-10-18(25-3)11-7-16)26-19(22)12-15-4-8-17(24-2)9-5-15/h4-11,14H,12-13H2,1-3H3,(H,21,23)/t14-/m1/s1. The molecule has 6 heteroatoms. The van der Waals surface area contributed by atoms with Crippen molar-refractivity contribution in [1.82, 2.24) is 5.32 Å². The van der Waals surface area contributed by atoms with E-state index in [9.17, 15) is 9.59 Å². The number of rotatable bonds is 8. The fourth-order valence-electron chi connectivity index (χ4n) is 2.28. The second kappa shape index (κ2) is 9.46. The van der Waals surface area contributed by atoms with Gasteiger partial charge in [0, 0.05) is 6.54 Å². The van der Waals surface area contributed by atoms with Crippen molar-refractivity contribution >= 4 is 11.9 Å². The summed E-state index contributed by atoms with van der Waals surface area (Å²) in [6.07, 6.45) is -0.765. The summed E-state index contributed by atoms with van der Waals surface area (Å²) in [6, 6.07) is 14.5. The second-order valence-corrected chi connectivity index (χ2v) is 5.72. The summed E-state index contributed by atoms with van der Waals surface area (Å²) in [5, 5.41) is 2.75. The summed E-state index contributed by atoms with van der Waals surface area (Å²) >= 11 is 0. The van der Waals surface area contributed by atoms with Crippen molar-refractivity contribution in [3.63, 3.8) is 0 Å². The van der Waals surface area contributed by atoms with Crippen molar-refractivity contribution < 1.29 is 23.8 Å². The number of amides is 1. The SMILES string of the molecule is COc1ccc(CNC(=O)[C@@H](C)OC(=O)Cc2ccc(OC)cc2)cc1. The number of hydrogen-bond acceptors (Lipinski definition) is 5. The molecule has 0 aromatic heterocycles. The fourth-order valence-corrected chi connectivity index (χ4v) is 2.28. The van der Waals surface area contributed by atoms with E-state index >= 15 is 0 Å². The average Bonchev–Trinajstić information content (AvgIpc) is 2.66. The Labute approximate surface area is 153 Å². The molecular formula is C20H23NO5. The predicted molar refractivity (Wildman–Crippen MR) is 97.1 cm³/mol. The molecule has 0 bridgehead atoms. The second-order valence-electron chi connectivity index (χ2n) is 5.72. The maximum absolute atomic E-state index is 12.1. The quantitative estimate of drug-likeness (QED) is 0.735. The average molecular weight is 357 g/mol. The molecule has 0 fully saturated rings. The normalized spacial score (nSPS) is 11.3. The van der Waals surface area contributed by atoms with Crippen molar-refractivity contribution in [2.24, 2.45) is 0 Å². The summed E-state index contributed by atoms with van der Waals surface area (Å²) in [6.45, 7) is 1.90. The molecule has 1 amide bonds. The summed E-state index contributed by atoms with van der Waals surface area (Å²) in [4.78, 5) is 24.1. The van der Waals surface area contributed by atoms with E-state index in [4.69, 9.17) is 14.2 Å². The summed E-state index contributed by atoms with van der Waals surface area (Å²) < 4.78 is 15.4. The summed E-state index contributed by atoms with van der Waals surface area (Å²) in [5.41, 5.74) is 1.72. The van der Waals surface area contributed by atoms with Crippen molar-refractivity contribution in [2.75, 3.05) is 14.2 Å². The van der Waals surface area contributed by atoms with Gasteiger partial charge in [0.05, 0.1) is 20.6 Å². The van der Waals surface area contributed by atoms with Gasteiger partial charge in [-0.2, -0.15) is 0 Å². The van der Waals surface area contributed by atoms with Crippen LogP contribution in [0.25, 0.3) is 0 Å². The van der Waals surface area contributed by atoms with Crippen molar-refractivity contribution in [3.05, 3.63) is 59.7 Å². The molecule has 138 valence electrons. The number of methoxy groups -OCH3 is 2. The van der Waals surface area contributed by atoms with Crippen LogP contribution in [0.15, 0.2) is 48.5 Å². The minimum atomic E-state index is -0.862. The first-order chi connectivity index (χ1) is 12.5. The molecule has 1 atom stereocenters. The van der Waals surface area contributed by atoms with Crippen LogP contribution in [0.4, 0.5) is 0 Å². The molecule has 0 unspecified atom stereocenters. The lowest BCUT2D eigenvalue weighted by atomic mass is 10.1. The summed E-state index contributed by atoms with van der Waals surface area (Å²) in [7, 11) is 3.17. The number of ether oxygens (including phenoxy) is 3. The Morgan fingerprint density at radius 1 is 0.885 bits per heavy atom. The van der Waals surface area contributed by atoms with Gasteiger partial charge < -0.3 is 19.5 Å². The van der Waals surface area contributed by atoms with Crippen molar-refractivity contribution in [2.45, 2.75) is 26.0 Å². The molecule has 2 aromatic carbocycles. The first-order valence-electron chi connectivity index (χ1n) is 8.25. The van der Waals surface area contributed by atoms with Gasteiger partial charge in [-0.05, 0) is 42.3 Å². The Hall–Kier alpha value is -3.02. The van der Waals surface area contributed by atoms with Gasteiger partial charge in [-0.1, -0.05) is 24.3 Å². The lowest BCUT2D eigenvalue weighted by molar-refractivity contribution is -0.154. The highest BCUT2D eigenvalue weighted by atomic mass is 16.5. The van der Waals surface area contributed by atoms with Crippen molar-refractivity contribution in [1.29, 1.82) is 0 Å². The van der Waals surface area contributed by atoms with Gasteiger partial charge in [0.1, 0.15) is 11.5 Å². The Morgan fingerprint density at radius 3 is 1.88 bits per heavy atom. The van der Waals surface area contributed by atoms with E-state index in [0.29, 0.717) is 12.3 Å². The first kappa shape index (κ1) is 19.3. The minimum Gasteiger partial charge on any atom is -0.497 e. The van der Waals surface area contributed by atoms with Gasteiger partial charge in [-0.15, -0.1) is 0 Å². The molecule has 0 aliphatic carbocycles. The Kier molecular flexibility index (Phi) is 7.02. The summed E-state index contributed by atoms with van der Waals surface area (Å²) in [5.74, 6) is 0.667. The molecular weight excluding hydrogens is 334 g/mol.